The number of benzene rings is 2. The lowest BCUT2D eigenvalue weighted by atomic mass is 9.88. The maximum Gasteiger partial charge on any atom is 0.203 e. The van der Waals surface area contributed by atoms with E-state index in [0.717, 1.165) is 42.8 Å². The van der Waals surface area contributed by atoms with Gasteiger partial charge in [0.1, 0.15) is 11.6 Å². The fourth-order valence-corrected chi connectivity index (χ4v) is 6.05. The van der Waals surface area contributed by atoms with Gasteiger partial charge >= 0.3 is 0 Å². The van der Waals surface area contributed by atoms with Gasteiger partial charge in [0.25, 0.3) is 0 Å². The van der Waals surface area contributed by atoms with Gasteiger partial charge in [-0.1, -0.05) is 27.2 Å². The predicted octanol–water partition coefficient (Wildman–Crippen LogP) is 7.76. The Balaban J connectivity index is 1.58. The van der Waals surface area contributed by atoms with Crippen LogP contribution in [0.15, 0.2) is 30.5 Å². The molecule has 0 spiro atoms. The number of thioether (sulfide) groups is 1. The third-order valence-electron chi connectivity index (χ3n) is 7.04. The van der Waals surface area contributed by atoms with E-state index in [1.807, 2.05) is 11.8 Å². The number of aryl methyl sites for hydroxylation is 2. The third-order valence-corrected chi connectivity index (χ3v) is 8.51. The number of hydrogen-bond acceptors (Lipinski definition) is 4. The highest BCUT2D eigenvalue weighted by atomic mass is 32.2. The van der Waals surface area contributed by atoms with Crippen LogP contribution in [0.3, 0.4) is 0 Å². The van der Waals surface area contributed by atoms with Crippen molar-refractivity contribution in [2.24, 2.45) is 12.5 Å². The Labute approximate surface area is 218 Å². The van der Waals surface area contributed by atoms with Gasteiger partial charge in [0.05, 0.1) is 11.1 Å². The number of aromatic nitrogens is 4. The van der Waals surface area contributed by atoms with E-state index in [4.69, 9.17) is 4.74 Å². The van der Waals surface area contributed by atoms with Crippen LogP contribution in [-0.2, 0) is 13.5 Å². The molecular formula is C28H31F3N4OS. The lowest BCUT2D eigenvalue weighted by molar-refractivity contribution is 0.361. The molecule has 0 aliphatic carbocycles. The van der Waals surface area contributed by atoms with E-state index in [2.05, 4.69) is 35.8 Å². The number of aromatic amines is 1. The number of fused-ring (bicyclic) bond motifs is 6. The van der Waals surface area contributed by atoms with Crippen molar-refractivity contribution < 1.29 is 17.9 Å². The Bertz CT molecular complexity index is 1450. The second kappa shape index (κ2) is 10.1. The number of hydrogen-bond donors (Lipinski definition) is 1. The first-order valence-corrected chi connectivity index (χ1v) is 13.7. The van der Waals surface area contributed by atoms with Crippen molar-refractivity contribution in [1.82, 2.24) is 19.7 Å². The highest BCUT2D eigenvalue weighted by molar-refractivity contribution is 7.99. The molecule has 5 nitrogen and oxygen atoms in total. The quantitative estimate of drug-likeness (QED) is 0.253. The van der Waals surface area contributed by atoms with Crippen LogP contribution in [0.4, 0.5) is 13.2 Å². The van der Waals surface area contributed by atoms with Crippen molar-refractivity contribution in [2.45, 2.75) is 52.4 Å². The number of nitrogens with zero attached hydrogens (tertiary/aromatic N) is 3. The van der Waals surface area contributed by atoms with Gasteiger partial charge in [-0.15, -0.1) is 0 Å². The van der Waals surface area contributed by atoms with Crippen molar-refractivity contribution in [2.75, 3.05) is 11.5 Å². The molecule has 2 aromatic carbocycles. The van der Waals surface area contributed by atoms with Crippen LogP contribution in [0, 0.1) is 22.9 Å². The smallest absolute Gasteiger partial charge is 0.203 e. The number of rotatable bonds is 0. The molecule has 1 aliphatic heterocycles. The van der Waals surface area contributed by atoms with Gasteiger partial charge in [-0.25, -0.2) is 18.4 Å². The second-order valence-corrected chi connectivity index (χ2v) is 11.8. The molecule has 0 radical (unpaired) electrons. The first-order valence-electron chi connectivity index (χ1n) is 12.6. The van der Waals surface area contributed by atoms with Gasteiger partial charge in [0.15, 0.2) is 23.2 Å². The summed E-state index contributed by atoms with van der Waals surface area (Å²) in [6, 6.07) is 5.59. The van der Waals surface area contributed by atoms with Crippen molar-refractivity contribution in [3.63, 3.8) is 0 Å². The van der Waals surface area contributed by atoms with E-state index >= 15 is 0 Å². The maximum atomic E-state index is 14.9. The summed E-state index contributed by atoms with van der Waals surface area (Å²) in [5.41, 5.74) is 1.36. The Hall–Kier alpha value is -2.94. The number of halogens is 3. The molecule has 4 aromatic rings. The molecule has 37 heavy (non-hydrogen) atoms. The maximum absolute atomic E-state index is 14.9. The van der Waals surface area contributed by atoms with Crippen LogP contribution in [0.2, 0.25) is 0 Å². The molecular weight excluding hydrogens is 497 g/mol. The summed E-state index contributed by atoms with van der Waals surface area (Å²) < 4.78 is 52.1. The average molecular weight is 529 g/mol. The van der Waals surface area contributed by atoms with E-state index < -0.39 is 17.5 Å². The van der Waals surface area contributed by atoms with Crippen LogP contribution < -0.4 is 4.74 Å². The Morgan fingerprint density at radius 3 is 2.78 bits per heavy atom. The van der Waals surface area contributed by atoms with E-state index in [-0.39, 0.29) is 33.9 Å². The van der Waals surface area contributed by atoms with Gasteiger partial charge in [-0.3, -0.25) is 0 Å². The molecule has 6 bridgehead atoms. The summed E-state index contributed by atoms with van der Waals surface area (Å²) in [6.45, 7) is 6.64. The summed E-state index contributed by atoms with van der Waals surface area (Å²) in [7, 11) is 1.72. The van der Waals surface area contributed by atoms with Crippen LogP contribution in [0.1, 0.15) is 57.3 Å². The topological polar surface area (TPSA) is 55.7 Å². The second-order valence-electron chi connectivity index (χ2n) is 10.7. The van der Waals surface area contributed by atoms with Crippen molar-refractivity contribution in [3.05, 3.63) is 59.3 Å². The number of nitrogens with one attached hydrogen (secondary N) is 1. The van der Waals surface area contributed by atoms with Gasteiger partial charge in [-0.2, -0.15) is 21.3 Å². The Morgan fingerprint density at radius 2 is 1.97 bits per heavy atom. The highest BCUT2D eigenvalue weighted by Gasteiger charge is 2.23. The van der Waals surface area contributed by atoms with E-state index in [0.29, 0.717) is 17.0 Å². The Morgan fingerprint density at radius 1 is 1.16 bits per heavy atom. The van der Waals surface area contributed by atoms with E-state index in [1.54, 1.807) is 17.9 Å². The summed E-state index contributed by atoms with van der Waals surface area (Å²) in [6.07, 6.45) is 5.49. The van der Waals surface area contributed by atoms with E-state index in [1.165, 1.54) is 24.3 Å². The van der Waals surface area contributed by atoms with Crippen LogP contribution in [-0.4, -0.2) is 31.3 Å². The highest BCUT2D eigenvalue weighted by Crippen LogP contribution is 2.36. The molecule has 1 unspecified atom stereocenters. The lowest BCUT2D eigenvalue weighted by Gasteiger charge is -2.24. The minimum atomic E-state index is -1.10. The molecule has 3 heterocycles. The molecule has 0 saturated carbocycles. The zero-order chi connectivity index (χ0) is 26.3. The largest absolute Gasteiger partial charge is 0.454 e. The molecule has 9 heteroatoms. The van der Waals surface area contributed by atoms with Crippen molar-refractivity contribution in [1.29, 1.82) is 0 Å². The van der Waals surface area contributed by atoms with Gasteiger partial charge in [0.2, 0.25) is 5.82 Å². The van der Waals surface area contributed by atoms with Crippen LogP contribution >= 0.6 is 11.8 Å². The minimum absolute atomic E-state index is 0.118. The van der Waals surface area contributed by atoms with E-state index in [9.17, 15) is 13.2 Å². The third kappa shape index (κ3) is 5.23. The van der Waals surface area contributed by atoms with Gasteiger partial charge in [0, 0.05) is 24.5 Å². The van der Waals surface area contributed by atoms with Gasteiger partial charge in [-0.05, 0) is 66.0 Å². The lowest BCUT2D eigenvalue weighted by Crippen LogP contribution is -2.15. The molecule has 0 saturated heterocycles. The Kier molecular flexibility index (Phi) is 7.00. The standard InChI is InChI=1S/C28H31F3N4OS/c1-16-6-5-10-28(2,3)15-37-11-9-17-14-32-25-19(17)13-22(23(30)24(25)31)36-18-7-8-21(29)20(12-18)27-33-26(16)34-35(27)4/h7-8,12-14,16,32H,5-6,9-11,15H2,1-4H3. The molecule has 0 fully saturated rings. The summed E-state index contributed by atoms with van der Waals surface area (Å²) in [4.78, 5) is 7.52. The zero-order valence-electron chi connectivity index (χ0n) is 21.5. The number of H-pyrrole nitrogens is 1. The SMILES string of the molecule is CC1CCCC(C)(C)CSCCc2c[nH]c3c(F)c(F)c(cc23)Oc2ccc(F)c(c2)-c2nc1nn2C. The van der Waals surface area contributed by atoms with Crippen molar-refractivity contribution in [3.8, 4) is 22.9 Å². The normalized spacial score (nSPS) is 18.6. The summed E-state index contributed by atoms with van der Waals surface area (Å²) in [5.74, 6) is 0.323. The molecule has 1 aliphatic rings. The monoisotopic (exact) mass is 528 g/mol. The van der Waals surface area contributed by atoms with Crippen molar-refractivity contribution >= 4 is 22.7 Å². The fourth-order valence-electron chi connectivity index (χ4n) is 4.85. The molecule has 2 aromatic heterocycles. The summed E-state index contributed by atoms with van der Waals surface area (Å²) >= 11 is 1.87. The first kappa shape index (κ1) is 25.7. The average Bonchev–Trinajstić information content (AvgIpc) is 3.44. The zero-order valence-corrected chi connectivity index (χ0v) is 22.3. The summed E-state index contributed by atoms with van der Waals surface area (Å²) in [5, 5.41) is 5.13. The molecule has 196 valence electrons. The van der Waals surface area contributed by atoms with Gasteiger partial charge < -0.3 is 9.72 Å². The van der Waals surface area contributed by atoms with Crippen LogP contribution in [0.5, 0.6) is 11.5 Å². The molecule has 1 N–H and O–H groups in total. The number of ether oxygens (including phenoxy) is 1. The van der Waals surface area contributed by atoms with Crippen LogP contribution in [0.25, 0.3) is 22.3 Å². The minimum Gasteiger partial charge on any atom is -0.454 e. The first-order chi connectivity index (χ1) is 17.6. The fraction of sp³-hybridized carbons (Fsp3) is 0.429. The predicted molar refractivity (Wildman–Crippen MR) is 142 cm³/mol. The molecule has 0 amide bonds. The molecule has 5 rings (SSSR count). The molecule has 1 atom stereocenters.